The Kier molecular flexibility index (Phi) is 4.20. The Morgan fingerprint density at radius 3 is 2.72 bits per heavy atom. The van der Waals surface area contributed by atoms with Crippen LogP contribution in [0.5, 0.6) is 5.75 Å². The highest BCUT2D eigenvalue weighted by Crippen LogP contribution is 2.29. The number of methoxy groups -OCH3 is 1. The molecule has 1 aromatic heterocycles. The molecule has 0 aliphatic rings. The molecule has 0 amide bonds. The van der Waals surface area contributed by atoms with Gasteiger partial charge in [-0.15, -0.1) is 0 Å². The molecule has 0 saturated carbocycles. The number of rotatable bonds is 4. The molecule has 3 nitrogen and oxygen atoms in total. The summed E-state index contributed by atoms with van der Waals surface area (Å²) in [6.45, 7) is 2.08. The molecule has 0 bridgehead atoms. The maximum absolute atomic E-state index is 5.20. The minimum Gasteiger partial charge on any atom is -0.496 e. The Morgan fingerprint density at radius 2 is 2.11 bits per heavy atom. The van der Waals surface area contributed by atoms with E-state index in [1.807, 2.05) is 36.4 Å². The third-order valence-electron chi connectivity index (χ3n) is 2.67. The first-order chi connectivity index (χ1) is 8.70. The molecule has 1 atom stereocenters. The quantitative estimate of drug-likeness (QED) is 0.926. The Labute approximate surface area is 115 Å². The monoisotopic (exact) mass is 306 g/mol. The lowest BCUT2D eigenvalue weighted by molar-refractivity contribution is 0.412. The van der Waals surface area contributed by atoms with Crippen molar-refractivity contribution in [2.75, 3.05) is 12.4 Å². The number of hydrogen-bond donors (Lipinski definition) is 1. The van der Waals surface area contributed by atoms with Crippen LogP contribution in [-0.4, -0.2) is 12.1 Å². The summed E-state index contributed by atoms with van der Waals surface area (Å²) in [4.78, 5) is 4.33. The Balaban J connectivity index is 2.12. The molecule has 0 radical (unpaired) electrons. The van der Waals surface area contributed by atoms with Crippen LogP contribution in [0.4, 0.5) is 5.69 Å². The highest BCUT2D eigenvalue weighted by molar-refractivity contribution is 9.10. The van der Waals surface area contributed by atoms with Crippen LogP contribution in [0.25, 0.3) is 0 Å². The lowest BCUT2D eigenvalue weighted by Gasteiger charge is -2.15. The topological polar surface area (TPSA) is 34.1 Å². The van der Waals surface area contributed by atoms with Gasteiger partial charge in [0, 0.05) is 11.9 Å². The van der Waals surface area contributed by atoms with Crippen molar-refractivity contribution in [2.24, 2.45) is 0 Å². The van der Waals surface area contributed by atoms with Gasteiger partial charge in [0.25, 0.3) is 0 Å². The summed E-state index contributed by atoms with van der Waals surface area (Å²) in [5.41, 5.74) is 2.05. The number of hydrogen-bond acceptors (Lipinski definition) is 3. The zero-order chi connectivity index (χ0) is 13.0. The zero-order valence-corrected chi connectivity index (χ0v) is 11.9. The number of aromatic nitrogens is 1. The van der Waals surface area contributed by atoms with Gasteiger partial charge in [-0.1, -0.05) is 6.07 Å². The van der Waals surface area contributed by atoms with Crippen LogP contribution in [-0.2, 0) is 0 Å². The van der Waals surface area contributed by atoms with Gasteiger partial charge in [0.1, 0.15) is 5.75 Å². The van der Waals surface area contributed by atoms with Crippen LogP contribution in [0.15, 0.2) is 47.1 Å². The SMILES string of the molecule is COc1ccc(NC(C)c2ccccn2)cc1Br. The predicted molar refractivity (Wildman–Crippen MR) is 77.0 cm³/mol. The normalized spacial score (nSPS) is 11.9. The van der Waals surface area contributed by atoms with Gasteiger partial charge < -0.3 is 10.1 Å². The van der Waals surface area contributed by atoms with Gasteiger partial charge in [-0.05, 0) is 53.2 Å². The van der Waals surface area contributed by atoms with Crippen LogP contribution in [0.2, 0.25) is 0 Å². The summed E-state index contributed by atoms with van der Waals surface area (Å²) in [6, 6.07) is 12.0. The molecule has 0 spiro atoms. The molecule has 1 N–H and O–H groups in total. The molecule has 0 saturated heterocycles. The number of nitrogens with zero attached hydrogens (tertiary/aromatic N) is 1. The van der Waals surface area contributed by atoms with E-state index < -0.39 is 0 Å². The molecule has 0 aliphatic heterocycles. The van der Waals surface area contributed by atoms with Crippen molar-refractivity contribution in [2.45, 2.75) is 13.0 Å². The Bertz CT molecular complexity index is 516. The van der Waals surface area contributed by atoms with Crippen molar-refractivity contribution < 1.29 is 4.74 Å². The van der Waals surface area contributed by atoms with Gasteiger partial charge in [0.05, 0.1) is 23.3 Å². The first-order valence-corrected chi connectivity index (χ1v) is 6.51. The fraction of sp³-hybridized carbons (Fsp3) is 0.214. The summed E-state index contributed by atoms with van der Waals surface area (Å²) >= 11 is 3.47. The van der Waals surface area contributed by atoms with Gasteiger partial charge in [-0.2, -0.15) is 0 Å². The van der Waals surface area contributed by atoms with Crippen molar-refractivity contribution in [3.05, 3.63) is 52.8 Å². The second-order valence-corrected chi connectivity index (χ2v) is 4.82. The minimum atomic E-state index is 0.159. The summed E-state index contributed by atoms with van der Waals surface area (Å²) in [7, 11) is 1.66. The maximum atomic E-state index is 5.20. The highest BCUT2D eigenvalue weighted by atomic mass is 79.9. The predicted octanol–water partition coefficient (Wildman–Crippen LogP) is 4.03. The van der Waals surface area contributed by atoms with Gasteiger partial charge in [0.2, 0.25) is 0 Å². The van der Waals surface area contributed by atoms with Gasteiger partial charge in [-0.25, -0.2) is 0 Å². The van der Waals surface area contributed by atoms with Crippen molar-refractivity contribution in [3.63, 3.8) is 0 Å². The van der Waals surface area contributed by atoms with Crippen LogP contribution >= 0.6 is 15.9 Å². The molecule has 94 valence electrons. The fourth-order valence-electron chi connectivity index (χ4n) is 1.71. The second kappa shape index (κ2) is 5.87. The van der Waals surface area contributed by atoms with E-state index >= 15 is 0 Å². The van der Waals surface area contributed by atoms with Crippen molar-refractivity contribution >= 4 is 21.6 Å². The second-order valence-electron chi connectivity index (χ2n) is 3.97. The van der Waals surface area contributed by atoms with Gasteiger partial charge in [-0.3, -0.25) is 4.98 Å². The third-order valence-corrected chi connectivity index (χ3v) is 3.29. The summed E-state index contributed by atoms with van der Waals surface area (Å²) in [5.74, 6) is 0.825. The van der Waals surface area contributed by atoms with Crippen LogP contribution in [0.1, 0.15) is 18.7 Å². The lowest BCUT2D eigenvalue weighted by atomic mass is 10.2. The standard InChI is InChI=1S/C14H15BrN2O/c1-10(13-5-3-4-8-16-13)17-11-6-7-14(18-2)12(15)9-11/h3-10,17H,1-2H3. The average Bonchev–Trinajstić information content (AvgIpc) is 2.40. The molecule has 2 rings (SSSR count). The molecule has 18 heavy (non-hydrogen) atoms. The number of halogens is 1. The molecule has 0 aliphatic carbocycles. The molecule has 1 heterocycles. The van der Waals surface area contributed by atoms with Crippen molar-refractivity contribution in [1.29, 1.82) is 0 Å². The number of ether oxygens (including phenoxy) is 1. The molecule has 1 aromatic carbocycles. The number of pyridine rings is 1. The molecular weight excluding hydrogens is 292 g/mol. The third kappa shape index (κ3) is 3.01. The Morgan fingerprint density at radius 1 is 1.28 bits per heavy atom. The maximum Gasteiger partial charge on any atom is 0.133 e. The average molecular weight is 307 g/mol. The van der Waals surface area contributed by atoms with E-state index in [4.69, 9.17) is 4.74 Å². The van der Waals surface area contributed by atoms with Crippen LogP contribution in [0.3, 0.4) is 0 Å². The largest absolute Gasteiger partial charge is 0.496 e. The molecule has 2 aromatic rings. The van der Waals surface area contributed by atoms with Crippen LogP contribution < -0.4 is 10.1 Å². The van der Waals surface area contributed by atoms with E-state index in [9.17, 15) is 0 Å². The fourth-order valence-corrected chi connectivity index (χ4v) is 2.25. The van der Waals surface area contributed by atoms with Gasteiger partial charge >= 0.3 is 0 Å². The van der Waals surface area contributed by atoms with E-state index in [-0.39, 0.29) is 6.04 Å². The first-order valence-electron chi connectivity index (χ1n) is 5.71. The lowest BCUT2D eigenvalue weighted by Crippen LogP contribution is -2.08. The minimum absolute atomic E-state index is 0.159. The number of anilines is 1. The molecule has 4 heteroatoms. The van der Waals surface area contributed by atoms with Gasteiger partial charge in [0.15, 0.2) is 0 Å². The Hall–Kier alpha value is -1.55. The van der Waals surface area contributed by atoms with E-state index in [1.54, 1.807) is 13.3 Å². The van der Waals surface area contributed by atoms with Crippen molar-refractivity contribution in [3.8, 4) is 5.75 Å². The molecular formula is C14H15BrN2O. The summed E-state index contributed by atoms with van der Waals surface area (Å²) in [5, 5.41) is 3.40. The summed E-state index contributed by atoms with van der Waals surface area (Å²) in [6.07, 6.45) is 1.80. The molecule has 0 fully saturated rings. The first kappa shape index (κ1) is 12.9. The van der Waals surface area contributed by atoms with Crippen LogP contribution in [0, 0.1) is 0 Å². The van der Waals surface area contributed by atoms with E-state index in [0.29, 0.717) is 0 Å². The van der Waals surface area contributed by atoms with E-state index in [1.165, 1.54) is 0 Å². The van der Waals surface area contributed by atoms with Crippen molar-refractivity contribution in [1.82, 2.24) is 4.98 Å². The number of nitrogens with one attached hydrogen (secondary N) is 1. The zero-order valence-electron chi connectivity index (χ0n) is 10.4. The smallest absolute Gasteiger partial charge is 0.133 e. The van der Waals surface area contributed by atoms with E-state index in [0.717, 1.165) is 21.6 Å². The van der Waals surface area contributed by atoms with E-state index in [2.05, 4.69) is 33.2 Å². The molecule has 1 unspecified atom stereocenters. The summed E-state index contributed by atoms with van der Waals surface area (Å²) < 4.78 is 6.14. The number of benzene rings is 1. The highest BCUT2D eigenvalue weighted by Gasteiger charge is 2.07.